The van der Waals surface area contributed by atoms with E-state index >= 15 is 0 Å². The van der Waals surface area contributed by atoms with Crippen LogP contribution in [0.5, 0.6) is 11.5 Å². The van der Waals surface area contributed by atoms with E-state index in [1.54, 1.807) is 0 Å². The molecule has 0 N–H and O–H groups in total. The summed E-state index contributed by atoms with van der Waals surface area (Å²) in [5.74, 6) is 1.60. The molecule has 158 valence electrons. The average Bonchev–Trinajstić information content (AvgIpc) is 3.29. The quantitative estimate of drug-likeness (QED) is 0.310. The van der Waals surface area contributed by atoms with E-state index in [9.17, 15) is 0 Å². The number of nitrogens with zero attached hydrogens (tertiary/aromatic N) is 1. The molecule has 1 heterocycles. The highest BCUT2D eigenvalue weighted by Crippen LogP contribution is 2.35. The summed E-state index contributed by atoms with van der Waals surface area (Å²) in [4.78, 5) is 2.28. The molecule has 3 heteroatoms. The van der Waals surface area contributed by atoms with E-state index in [2.05, 4.69) is 104 Å². The number of aryl methyl sites for hydroxylation is 2. The molecular formula is C29H25NO2. The van der Waals surface area contributed by atoms with Crippen LogP contribution >= 0.6 is 0 Å². The van der Waals surface area contributed by atoms with Gasteiger partial charge in [0, 0.05) is 17.1 Å². The molecule has 0 fully saturated rings. The molecule has 4 aromatic carbocycles. The van der Waals surface area contributed by atoms with Gasteiger partial charge in [0.15, 0.2) is 11.5 Å². The lowest BCUT2D eigenvalue weighted by Crippen LogP contribution is -2.09. The molecule has 1 aliphatic heterocycles. The maximum Gasteiger partial charge on any atom is 0.231 e. The fourth-order valence-corrected chi connectivity index (χ4v) is 3.78. The first-order valence-electron chi connectivity index (χ1n) is 10.8. The summed E-state index contributed by atoms with van der Waals surface area (Å²) in [7, 11) is 0. The van der Waals surface area contributed by atoms with E-state index in [0.717, 1.165) is 39.7 Å². The number of anilines is 3. The SMILES string of the molecule is Cc1ccc(N(c2ccc(C)cc2)c2ccc(C=Cc3ccc4c(c3)OCO4)cc2)cc1. The smallest absolute Gasteiger partial charge is 0.231 e. The minimum atomic E-state index is 0.294. The van der Waals surface area contributed by atoms with Crippen LogP contribution in [0, 0.1) is 13.8 Å². The largest absolute Gasteiger partial charge is 0.454 e. The van der Waals surface area contributed by atoms with E-state index in [4.69, 9.17) is 9.47 Å². The van der Waals surface area contributed by atoms with Crippen LogP contribution in [0.3, 0.4) is 0 Å². The van der Waals surface area contributed by atoms with Crippen LogP contribution in [-0.2, 0) is 0 Å². The van der Waals surface area contributed by atoms with Crippen LogP contribution in [0.25, 0.3) is 12.2 Å². The third-order valence-corrected chi connectivity index (χ3v) is 5.60. The zero-order valence-corrected chi connectivity index (χ0v) is 18.3. The molecule has 1 aliphatic rings. The molecular weight excluding hydrogens is 394 g/mol. The van der Waals surface area contributed by atoms with Crippen molar-refractivity contribution in [3.05, 3.63) is 113 Å². The fourth-order valence-electron chi connectivity index (χ4n) is 3.78. The lowest BCUT2D eigenvalue weighted by molar-refractivity contribution is 0.174. The van der Waals surface area contributed by atoms with Crippen molar-refractivity contribution in [1.82, 2.24) is 0 Å². The van der Waals surface area contributed by atoms with Crippen molar-refractivity contribution in [1.29, 1.82) is 0 Å². The third kappa shape index (κ3) is 4.23. The van der Waals surface area contributed by atoms with Gasteiger partial charge in [-0.3, -0.25) is 0 Å². The second-order valence-corrected chi connectivity index (χ2v) is 8.04. The first-order valence-corrected chi connectivity index (χ1v) is 10.8. The highest BCUT2D eigenvalue weighted by Gasteiger charge is 2.13. The van der Waals surface area contributed by atoms with Gasteiger partial charge in [0.25, 0.3) is 0 Å². The van der Waals surface area contributed by atoms with E-state index in [1.807, 2.05) is 18.2 Å². The van der Waals surface area contributed by atoms with E-state index in [0.29, 0.717) is 6.79 Å². The topological polar surface area (TPSA) is 21.7 Å². The molecule has 0 bridgehead atoms. The normalized spacial score (nSPS) is 12.3. The molecule has 0 saturated heterocycles. The van der Waals surface area contributed by atoms with E-state index in [-0.39, 0.29) is 0 Å². The van der Waals surface area contributed by atoms with E-state index < -0.39 is 0 Å². The summed E-state index contributed by atoms with van der Waals surface area (Å²) in [6.45, 7) is 4.52. The van der Waals surface area contributed by atoms with Crippen molar-refractivity contribution in [3.63, 3.8) is 0 Å². The number of hydrogen-bond donors (Lipinski definition) is 0. The van der Waals surface area contributed by atoms with Crippen LogP contribution in [0.15, 0.2) is 91.0 Å². The number of fused-ring (bicyclic) bond motifs is 1. The Kier molecular flexibility index (Phi) is 5.39. The Morgan fingerprint density at radius 2 is 1.03 bits per heavy atom. The third-order valence-electron chi connectivity index (χ3n) is 5.60. The first kappa shape index (κ1) is 20.0. The average molecular weight is 420 g/mol. The Balaban J connectivity index is 1.42. The van der Waals surface area contributed by atoms with Crippen molar-refractivity contribution < 1.29 is 9.47 Å². The van der Waals surface area contributed by atoms with Crippen LogP contribution in [0.4, 0.5) is 17.1 Å². The Morgan fingerprint density at radius 3 is 1.62 bits per heavy atom. The van der Waals surface area contributed by atoms with Crippen molar-refractivity contribution >= 4 is 29.2 Å². The number of benzene rings is 4. The molecule has 4 aromatic rings. The Bertz CT molecular complexity index is 1190. The summed E-state index contributed by atoms with van der Waals surface area (Å²) >= 11 is 0. The van der Waals surface area contributed by atoms with Gasteiger partial charge in [-0.2, -0.15) is 0 Å². The predicted octanol–water partition coefficient (Wildman–Crippen LogP) is 7.67. The highest BCUT2D eigenvalue weighted by molar-refractivity contribution is 5.78. The molecule has 0 aromatic heterocycles. The number of hydrogen-bond acceptors (Lipinski definition) is 3. The van der Waals surface area contributed by atoms with Crippen molar-refractivity contribution in [2.75, 3.05) is 11.7 Å². The van der Waals surface area contributed by atoms with Gasteiger partial charge in [-0.15, -0.1) is 0 Å². The predicted molar refractivity (Wildman–Crippen MR) is 132 cm³/mol. The number of rotatable bonds is 5. The Hall–Kier alpha value is -3.98. The standard InChI is InChI=1S/C29H25NO2/c1-21-3-12-25(13-4-21)30(26-14-5-22(2)6-15-26)27-16-9-23(10-17-27)7-8-24-11-18-28-29(19-24)32-20-31-28/h3-19H,20H2,1-2H3. The summed E-state index contributed by atoms with van der Waals surface area (Å²) in [6, 6.07) is 31.9. The Labute approximate surface area is 189 Å². The maximum absolute atomic E-state index is 5.47. The van der Waals surface area contributed by atoms with Crippen LogP contribution in [0.2, 0.25) is 0 Å². The van der Waals surface area contributed by atoms with Gasteiger partial charge in [-0.05, 0) is 73.5 Å². The lowest BCUT2D eigenvalue weighted by atomic mass is 10.1. The highest BCUT2D eigenvalue weighted by atomic mass is 16.7. The zero-order chi connectivity index (χ0) is 21.9. The van der Waals surface area contributed by atoms with Gasteiger partial charge >= 0.3 is 0 Å². The second-order valence-electron chi connectivity index (χ2n) is 8.04. The van der Waals surface area contributed by atoms with Crippen LogP contribution < -0.4 is 14.4 Å². The summed E-state index contributed by atoms with van der Waals surface area (Å²) in [6.07, 6.45) is 4.21. The zero-order valence-electron chi connectivity index (χ0n) is 18.3. The van der Waals surface area contributed by atoms with Gasteiger partial charge in [0.2, 0.25) is 6.79 Å². The minimum absolute atomic E-state index is 0.294. The maximum atomic E-state index is 5.47. The molecule has 0 amide bonds. The second kappa shape index (κ2) is 8.64. The van der Waals surface area contributed by atoms with Crippen LogP contribution in [-0.4, -0.2) is 6.79 Å². The van der Waals surface area contributed by atoms with Crippen molar-refractivity contribution in [2.24, 2.45) is 0 Å². The lowest BCUT2D eigenvalue weighted by Gasteiger charge is -2.25. The first-order chi connectivity index (χ1) is 15.7. The summed E-state index contributed by atoms with van der Waals surface area (Å²) in [5.41, 5.74) is 8.13. The van der Waals surface area contributed by atoms with Gasteiger partial charge in [0.05, 0.1) is 0 Å². The van der Waals surface area contributed by atoms with Gasteiger partial charge in [0.1, 0.15) is 0 Å². The number of ether oxygens (including phenoxy) is 2. The molecule has 5 rings (SSSR count). The van der Waals surface area contributed by atoms with Gasteiger partial charge in [-0.1, -0.05) is 65.7 Å². The molecule has 0 radical (unpaired) electrons. The van der Waals surface area contributed by atoms with E-state index in [1.165, 1.54) is 11.1 Å². The molecule has 0 aliphatic carbocycles. The molecule has 0 atom stereocenters. The molecule has 0 unspecified atom stereocenters. The minimum Gasteiger partial charge on any atom is -0.454 e. The van der Waals surface area contributed by atoms with Crippen molar-refractivity contribution in [3.8, 4) is 11.5 Å². The molecule has 0 spiro atoms. The Morgan fingerprint density at radius 1 is 0.562 bits per heavy atom. The molecule has 32 heavy (non-hydrogen) atoms. The summed E-state index contributed by atoms with van der Waals surface area (Å²) in [5, 5.41) is 0. The molecule has 3 nitrogen and oxygen atoms in total. The fraction of sp³-hybridized carbons (Fsp3) is 0.103. The van der Waals surface area contributed by atoms with Gasteiger partial charge in [-0.25, -0.2) is 0 Å². The molecule has 0 saturated carbocycles. The van der Waals surface area contributed by atoms with Crippen molar-refractivity contribution in [2.45, 2.75) is 13.8 Å². The van der Waals surface area contributed by atoms with Gasteiger partial charge < -0.3 is 14.4 Å². The summed E-state index contributed by atoms with van der Waals surface area (Å²) < 4.78 is 10.9. The van der Waals surface area contributed by atoms with Crippen LogP contribution in [0.1, 0.15) is 22.3 Å². The monoisotopic (exact) mass is 419 g/mol.